The molecule has 1 aliphatic heterocycles. The second-order valence-corrected chi connectivity index (χ2v) is 4.61. The van der Waals surface area contributed by atoms with Crippen LogP contribution in [0.5, 0.6) is 0 Å². The number of fused-ring (bicyclic) bond motifs is 1. The fourth-order valence-corrected chi connectivity index (χ4v) is 2.48. The van der Waals surface area contributed by atoms with Crippen molar-refractivity contribution in [3.8, 4) is 0 Å². The Bertz CT molecular complexity index is 631. The first kappa shape index (κ1) is 11.3. The number of rotatable bonds is 2. The first-order valence-electron chi connectivity index (χ1n) is 6.21. The highest BCUT2D eigenvalue weighted by Crippen LogP contribution is 2.31. The average molecular weight is 248 g/mol. The van der Waals surface area contributed by atoms with Crippen molar-refractivity contribution in [1.29, 1.82) is 0 Å². The topological polar surface area (TPSA) is 85.9 Å². The lowest BCUT2D eigenvalue weighted by atomic mass is 10.2. The van der Waals surface area contributed by atoms with Crippen LogP contribution < -0.4 is 11.3 Å². The minimum atomic E-state index is -0.207. The molecule has 3 heterocycles. The summed E-state index contributed by atoms with van der Waals surface area (Å²) in [6.07, 6.45) is 5.09. The highest BCUT2D eigenvalue weighted by Gasteiger charge is 2.26. The van der Waals surface area contributed by atoms with Crippen LogP contribution in [0.25, 0.3) is 11.0 Å². The fraction of sp³-hybridized carbons (Fsp3) is 0.500. The molecular weight excluding hydrogens is 232 g/mol. The summed E-state index contributed by atoms with van der Waals surface area (Å²) < 4.78 is 7.81. The van der Waals surface area contributed by atoms with Gasteiger partial charge in [-0.3, -0.25) is 9.78 Å². The number of aromatic nitrogens is 3. The molecule has 0 spiro atoms. The fourth-order valence-electron chi connectivity index (χ4n) is 2.48. The molecule has 0 aliphatic carbocycles. The third-order valence-electron chi connectivity index (χ3n) is 3.45. The summed E-state index contributed by atoms with van der Waals surface area (Å²) in [5.74, 6) is 0.137. The summed E-state index contributed by atoms with van der Waals surface area (Å²) in [5, 5.41) is 0.549. The largest absolute Gasteiger partial charge is 0.369 e. The van der Waals surface area contributed by atoms with Gasteiger partial charge in [0.15, 0.2) is 5.65 Å². The number of nitrogens with one attached hydrogen (secondary N) is 1. The van der Waals surface area contributed by atoms with Gasteiger partial charge in [0.2, 0.25) is 5.95 Å². The van der Waals surface area contributed by atoms with E-state index in [1.807, 2.05) is 10.8 Å². The van der Waals surface area contributed by atoms with Crippen molar-refractivity contribution in [3.05, 3.63) is 22.6 Å². The van der Waals surface area contributed by atoms with Gasteiger partial charge in [0.25, 0.3) is 5.56 Å². The molecule has 1 aliphatic rings. The number of H-pyrrole nitrogens is 1. The van der Waals surface area contributed by atoms with Gasteiger partial charge in [-0.15, -0.1) is 0 Å². The van der Waals surface area contributed by atoms with Crippen LogP contribution in [0.4, 0.5) is 5.95 Å². The van der Waals surface area contributed by atoms with E-state index < -0.39 is 0 Å². The molecule has 18 heavy (non-hydrogen) atoms. The Morgan fingerprint density at radius 2 is 2.44 bits per heavy atom. The number of hydrogen-bond donors (Lipinski definition) is 2. The van der Waals surface area contributed by atoms with Crippen LogP contribution in [0.3, 0.4) is 0 Å². The van der Waals surface area contributed by atoms with Crippen LogP contribution in [0.2, 0.25) is 0 Å². The molecule has 3 rings (SSSR count). The molecule has 1 fully saturated rings. The van der Waals surface area contributed by atoms with Crippen LogP contribution >= 0.6 is 0 Å². The second-order valence-electron chi connectivity index (χ2n) is 4.61. The monoisotopic (exact) mass is 248 g/mol. The van der Waals surface area contributed by atoms with Crippen molar-refractivity contribution in [2.45, 2.75) is 38.5 Å². The van der Waals surface area contributed by atoms with Crippen LogP contribution in [0.1, 0.15) is 32.4 Å². The zero-order chi connectivity index (χ0) is 12.7. The quantitative estimate of drug-likeness (QED) is 0.841. The first-order chi connectivity index (χ1) is 8.69. The smallest absolute Gasteiger partial charge is 0.261 e. The molecular formula is C12H16N4O2. The Hall–Kier alpha value is -1.82. The van der Waals surface area contributed by atoms with E-state index in [1.54, 1.807) is 6.07 Å². The van der Waals surface area contributed by atoms with Gasteiger partial charge < -0.3 is 15.0 Å². The molecule has 0 unspecified atom stereocenters. The van der Waals surface area contributed by atoms with Crippen LogP contribution in [-0.2, 0) is 4.74 Å². The summed E-state index contributed by atoms with van der Waals surface area (Å²) in [7, 11) is 0. The number of anilines is 1. The molecule has 2 atom stereocenters. The van der Waals surface area contributed by atoms with E-state index in [9.17, 15) is 4.79 Å². The third kappa shape index (κ3) is 1.69. The SMILES string of the molecule is CC[C@@H]1CC[C@H](n2ccc3c(=O)[nH]c(N)nc32)O1. The molecule has 0 radical (unpaired) electrons. The second kappa shape index (κ2) is 4.13. The van der Waals surface area contributed by atoms with Crippen molar-refractivity contribution in [1.82, 2.24) is 14.5 Å². The number of hydrogen-bond acceptors (Lipinski definition) is 4. The lowest BCUT2D eigenvalue weighted by molar-refractivity contribution is 0.00322. The Balaban J connectivity index is 2.05. The van der Waals surface area contributed by atoms with Crippen molar-refractivity contribution in [2.75, 3.05) is 5.73 Å². The lowest BCUT2D eigenvalue weighted by Crippen LogP contribution is -2.14. The summed E-state index contributed by atoms with van der Waals surface area (Å²) in [6, 6.07) is 1.75. The van der Waals surface area contributed by atoms with Gasteiger partial charge in [-0.1, -0.05) is 6.92 Å². The van der Waals surface area contributed by atoms with E-state index in [1.165, 1.54) is 0 Å². The third-order valence-corrected chi connectivity index (χ3v) is 3.45. The van der Waals surface area contributed by atoms with Gasteiger partial charge in [-0.2, -0.15) is 4.98 Å². The predicted octanol–water partition coefficient (Wildman–Crippen LogP) is 1.39. The molecule has 1 saturated heterocycles. The molecule has 0 bridgehead atoms. The number of aromatic amines is 1. The van der Waals surface area contributed by atoms with Gasteiger partial charge in [0, 0.05) is 6.20 Å². The van der Waals surface area contributed by atoms with E-state index in [0.29, 0.717) is 17.1 Å². The highest BCUT2D eigenvalue weighted by molar-refractivity contribution is 5.76. The Kier molecular flexibility index (Phi) is 2.59. The van der Waals surface area contributed by atoms with E-state index in [0.717, 1.165) is 19.3 Å². The van der Waals surface area contributed by atoms with Crippen molar-refractivity contribution >= 4 is 17.0 Å². The maximum Gasteiger partial charge on any atom is 0.261 e. The number of nitrogens with two attached hydrogens (primary N) is 1. The summed E-state index contributed by atoms with van der Waals surface area (Å²) in [6.45, 7) is 2.11. The van der Waals surface area contributed by atoms with Crippen LogP contribution in [0, 0.1) is 0 Å². The first-order valence-corrected chi connectivity index (χ1v) is 6.21. The van der Waals surface area contributed by atoms with Gasteiger partial charge in [-0.05, 0) is 25.3 Å². The number of ether oxygens (including phenoxy) is 1. The van der Waals surface area contributed by atoms with E-state index >= 15 is 0 Å². The van der Waals surface area contributed by atoms with Crippen LogP contribution in [0.15, 0.2) is 17.1 Å². The molecule has 6 heteroatoms. The summed E-state index contributed by atoms with van der Waals surface area (Å²) in [5.41, 5.74) is 5.97. The van der Waals surface area contributed by atoms with Crippen molar-refractivity contribution < 1.29 is 4.74 Å². The Morgan fingerprint density at radius 1 is 1.61 bits per heavy atom. The Morgan fingerprint density at radius 3 is 3.17 bits per heavy atom. The number of nitrogen functional groups attached to an aromatic ring is 1. The molecule has 0 aromatic carbocycles. The van der Waals surface area contributed by atoms with Gasteiger partial charge >= 0.3 is 0 Å². The van der Waals surface area contributed by atoms with E-state index in [-0.39, 0.29) is 17.7 Å². The maximum atomic E-state index is 11.7. The summed E-state index contributed by atoms with van der Waals surface area (Å²) in [4.78, 5) is 18.4. The maximum absolute atomic E-state index is 11.7. The van der Waals surface area contributed by atoms with Gasteiger partial charge in [0.1, 0.15) is 6.23 Å². The van der Waals surface area contributed by atoms with Gasteiger partial charge in [0.05, 0.1) is 11.5 Å². The minimum Gasteiger partial charge on any atom is -0.369 e. The molecule has 6 nitrogen and oxygen atoms in total. The van der Waals surface area contributed by atoms with E-state index in [2.05, 4.69) is 16.9 Å². The zero-order valence-electron chi connectivity index (χ0n) is 10.2. The normalized spacial score (nSPS) is 23.8. The molecule has 3 N–H and O–H groups in total. The van der Waals surface area contributed by atoms with Crippen molar-refractivity contribution in [3.63, 3.8) is 0 Å². The van der Waals surface area contributed by atoms with E-state index in [4.69, 9.17) is 10.5 Å². The molecule has 0 amide bonds. The van der Waals surface area contributed by atoms with Gasteiger partial charge in [-0.25, -0.2) is 0 Å². The predicted molar refractivity (Wildman–Crippen MR) is 68.2 cm³/mol. The molecule has 2 aromatic heterocycles. The standard InChI is InChI=1S/C12H16N4O2/c1-2-7-3-4-9(18-7)16-6-5-8-10(16)14-12(13)15-11(8)17/h5-7,9H,2-4H2,1H3,(H3,13,14,15,17)/t7-,9-/m1/s1. The molecule has 0 saturated carbocycles. The average Bonchev–Trinajstić information content (AvgIpc) is 2.93. The van der Waals surface area contributed by atoms with Crippen molar-refractivity contribution in [2.24, 2.45) is 0 Å². The minimum absolute atomic E-state index is 0.0406. The molecule has 2 aromatic rings. The number of nitrogens with zero attached hydrogens (tertiary/aromatic N) is 2. The summed E-state index contributed by atoms with van der Waals surface area (Å²) >= 11 is 0. The zero-order valence-corrected chi connectivity index (χ0v) is 10.2. The van der Waals surface area contributed by atoms with Crippen LogP contribution in [-0.4, -0.2) is 20.6 Å². The highest BCUT2D eigenvalue weighted by atomic mass is 16.5. The Labute approximate surface area is 104 Å². The molecule has 96 valence electrons. The lowest BCUT2D eigenvalue weighted by Gasteiger charge is -2.14.